The van der Waals surface area contributed by atoms with Crippen LogP contribution in [0.3, 0.4) is 0 Å². The number of carbonyl (C=O) groups excluding carboxylic acids is 2. The van der Waals surface area contributed by atoms with Crippen molar-refractivity contribution in [3.8, 4) is 11.5 Å². The maximum Gasteiger partial charge on any atom is 0.266 e. The first-order valence-electron chi connectivity index (χ1n) is 8.46. The molecular weight excluding hydrogens is 420 g/mol. The summed E-state index contributed by atoms with van der Waals surface area (Å²) in [5.41, 5.74) is 0.679. The number of nitrogens with one attached hydrogen (secondary N) is 1. The zero-order chi connectivity index (χ0) is 20.3. The van der Waals surface area contributed by atoms with Crippen molar-refractivity contribution in [2.45, 2.75) is 12.1 Å². The van der Waals surface area contributed by atoms with Crippen LogP contribution in [0.25, 0.3) is 6.08 Å². The van der Waals surface area contributed by atoms with Gasteiger partial charge >= 0.3 is 0 Å². The normalized spacial score (nSPS) is 23.4. The van der Waals surface area contributed by atoms with Crippen molar-refractivity contribution in [2.75, 3.05) is 32.3 Å². The molecular formula is C18H20N2O5S3. The van der Waals surface area contributed by atoms with E-state index in [9.17, 15) is 14.7 Å². The summed E-state index contributed by atoms with van der Waals surface area (Å²) in [5, 5.41) is 12.6. The average molecular weight is 441 g/mol. The molecule has 2 saturated heterocycles. The number of thioether (sulfide) groups is 2. The van der Waals surface area contributed by atoms with Gasteiger partial charge in [-0.05, 0) is 12.1 Å². The number of aliphatic hydroxyl groups is 1. The number of rotatable bonds is 6. The number of carbonyl (C=O) groups is 2. The van der Waals surface area contributed by atoms with Gasteiger partial charge in [0.1, 0.15) is 10.9 Å². The minimum atomic E-state index is -0.569. The molecule has 2 aliphatic rings. The number of amides is 2. The van der Waals surface area contributed by atoms with Crippen molar-refractivity contribution in [1.29, 1.82) is 0 Å². The number of thiocarbonyl (C=S) groups is 1. The van der Waals surface area contributed by atoms with Gasteiger partial charge in [-0.1, -0.05) is 36.1 Å². The van der Waals surface area contributed by atoms with Crippen molar-refractivity contribution in [2.24, 2.45) is 0 Å². The van der Waals surface area contributed by atoms with E-state index >= 15 is 0 Å². The van der Waals surface area contributed by atoms with E-state index in [1.807, 2.05) is 0 Å². The second-order valence-corrected chi connectivity index (χ2v) is 8.88. The van der Waals surface area contributed by atoms with Crippen molar-refractivity contribution < 1.29 is 24.2 Å². The minimum absolute atomic E-state index is 0.175. The molecule has 2 heterocycles. The Morgan fingerprint density at radius 2 is 2.18 bits per heavy atom. The smallest absolute Gasteiger partial charge is 0.266 e. The lowest BCUT2D eigenvalue weighted by atomic mass is 10.1. The number of aliphatic hydroxyl groups excluding tert-OH is 1. The van der Waals surface area contributed by atoms with Crippen molar-refractivity contribution in [3.63, 3.8) is 0 Å². The highest BCUT2D eigenvalue weighted by molar-refractivity contribution is 8.26. The number of methoxy groups -OCH3 is 2. The quantitative estimate of drug-likeness (QED) is 0.508. The van der Waals surface area contributed by atoms with E-state index in [4.69, 9.17) is 21.7 Å². The van der Waals surface area contributed by atoms with Crippen molar-refractivity contribution in [1.82, 2.24) is 10.2 Å². The summed E-state index contributed by atoms with van der Waals surface area (Å²) < 4.78 is 11.0. The minimum Gasteiger partial charge on any atom is -0.493 e. The molecule has 150 valence electrons. The first-order chi connectivity index (χ1) is 13.4. The molecule has 2 atom stereocenters. The predicted octanol–water partition coefficient (Wildman–Crippen LogP) is 1.50. The maximum atomic E-state index is 12.8. The third-order valence-electron chi connectivity index (χ3n) is 4.29. The fourth-order valence-corrected chi connectivity index (χ4v) is 5.30. The van der Waals surface area contributed by atoms with Gasteiger partial charge in [0.2, 0.25) is 5.91 Å². The van der Waals surface area contributed by atoms with Gasteiger partial charge in [0.15, 0.2) is 11.5 Å². The van der Waals surface area contributed by atoms with Crippen LogP contribution < -0.4 is 14.8 Å². The molecule has 1 aromatic carbocycles. The molecule has 2 N–H and O–H groups in total. The summed E-state index contributed by atoms with van der Waals surface area (Å²) in [7, 11) is 3.07. The number of hydrogen-bond acceptors (Lipinski definition) is 8. The summed E-state index contributed by atoms with van der Waals surface area (Å²) in [4.78, 5) is 26.7. The fourth-order valence-electron chi connectivity index (χ4n) is 2.88. The number of para-hydroxylation sites is 1. The molecule has 2 fully saturated rings. The zero-order valence-corrected chi connectivity index (χ0v) is 17.8. The highest BCUT2D eigenvalue weighted by Crippen LogP contribution is 2.37. The SMILES string of the molecule is COc1cccc(/C=C2\SC(=S)N(CC(=O)N[C@@H]3CSC[C@H]3O)C2=O)c1OC. The molecule has 0 bridgehead atoms. The Morgan fingerprint density at radius 1 is 1.39 bits per heavy atom. The highest BCUT2D eigenvalue weighted by Gasteiger charge is 2.35. The number of nitrogens with zero attached hydrogens (tertiary/aromatic N) is 1. The zero-order valence-electron chi connectivity index (χ0n) is 15.3. The van der Waals surface area contributed by atoms with Gasteiger partial charge in [-0.3, -0.25) is 14.5 Å². The molecule has 0 aliphatic carbocycles. The van der Waals surface area contributed by atoms with Crippen LogP contribution in [-0.2, 0) is 9.59 Å². The molecule has 7 nitrogen and oxygen atoms in total. The van der Waals surface area contributed by atoms with Crippen LogP contribution >= 0.6 is 35.7 Å². The summed E-state index contributed by atoms with van der Waals surface area (Å²) in [6.07, 6.45) is 1.11. The van der Waals surface area contributed by atoms with E-state index in [0.717, 1.165) is 11.8 Å². The van der Waals surface area contributed by atoms with Gasteiger partial charge in [-0.25, -0.2) is 0 Å². The van der Waals surface area contributed by atoms with Gasteiger partial charge in [-0.15, -0.1) is 0 Å². The summed E-state index contributed by atoms with van der Waals surface area (Å²) in [6, 6.07) is 5.07. The van der Waals surface area contributed by atoms with Crippen LogP contribution in [0.4, 0.5) is 0 Å². The van der Waals surface area contributed by atoms with Gasteiger partial charge in [-0.2, -0.15) is 11.8 Å². The monoisotopic (exact) mass is 440 g/mol. The molecule has 28 heavy (non-hydrogen) atoms. The average Bonchev–Trinajstić information content (AvgIpc) is 3.19. The summed E-state index contributed by atoms with van der Waals surface area (Å²) >= 11 is 7.99. The molecule has 1 aromatic rings. The van der Waals surface area contributed by atoms with E-state index in [-0.39, 0.29) is 24.4 Å². The van der Waals surface area contributed by atoms with E-state index in [1.165, 1.54) is 12.0 Å². The van der Waals surface area contributed by atoms with Crippen molar-refractivity contribution >= 4 is 58.0 Å². The van der Waals surface area contributed by atoms with Crippen LogP contribution in [0, 0.1) is 0 Å². The highest BCUT2D eigenvalue weighted by atomic mass is 32.2. The molecule has 0 saturated carbocycles. The number of ether oxygens (including phenoxy) is 2. The van der Waals surface area contributed by atoms with Crippen LogP contribution in [0.1, 0.15) is 5.56 Å². The molecule has 3 rings (SSSR count). The maximum absolute atomic E-state index is 12.8. The topological polar surface area (TPSA) is 88.1 Å². The fraction of sp³-hybridized carbons (Fsp3) is 0.389. The van der Waals surface area contributed by atoms with Gasteiger partial charge in [0.05, 0.1) is 31.3 Å². The summed E-state index contributed by atoms with van der Waals surface area (Å²) in [5.74, 6) is 1.64. The Kier molecular flexibility index (Phi) is 6.86. The Hall–Kier alpha value is -1.75. The molecule has 2 aliphatic heterocycles. The van der Waals surface area contributed by atoms with E-state index in [0.29, 0.717) is 37.8 Å². The third kappa shape index (κ3) is 4.45. The number of benzene rings is 1. The largest absolute Gasteiger partial charge is 0.493 e. The lowest BCUT2D eigenvalue weighted by Gasteiger charge is -2.18. The lowest BCUT2D eigenvalue weighted by molar-refractivity contribution is -0.129. The first-order valence-corrected chi connectivity index (χ1v) is 10.8. The molecule has 0 aromatic heterocycles. The molecule has 2 amide bonds. The Bertz CT molecular complexity index is 829. The van der Waals surface area contributed by atoms with Crippen LogP contribution in [0.5, 0.6) is 11.5 Å². The Morgan fingerprint density at radius 3 is 2.82 bits per heavy atom. The second kappa shape index (κ2) is 9.17. The lowest BCUT2D eigenvalue weighted by Crippen LogP contribution is -2.47. The molecule has 0 spiro atoms. The van der Waals surface area contributed by atoms with Gasteiger partial charge < -0.3 is 19.9 Å². The Balaban J connectivity index is 1.73. The molecule has 0 unspecified atom stereocenters. The number of hydrogen-bond donors (Lipinski definition) is 2. The van der Waals surface area contributed by atoms with Crippen LogP contribution in [-0.4, -0.2) is 70.6 Å². The van der Waals surface area contributed by atoms with E-state index in [2.05, 4.69) is 5.32 Å². The second-order valence-electron chi connectivity index (χ2n) is 6.13. The molecule has 0 radical (unpaired) electrons. The molecule has 10 heteroatoms. The van der Waals surface area contributed by atoms with Crippen LogP contribution in [0.2, 0.25) is 0 Å². The standard InChI is InChI=1S/C18H20N2O5S3/c1-24-13-5-3-4-10(16(13)25-2)6-14-17(23)20(18(26)28-14)7-15(22)19-11-8-27-9-12(11)21/h3-6,11-12,21H,7-9H2,1-2H3,(H,19,22)/b14-6-/t11-,12-/m1/s1. The predicted molar refractivity (Wildman–Crippen MR) is 115 cm³/mol. The van der Waals surface area contributed by atoms with Crippen molar-refractivity contribution in [3.05, 3.63) is 28.7 Å². The van der Waals surface area contributed by atoms with Gasteiger partial charge in [0, 0.05) is 17.1 Å². The summed E-state index contributed by atoms with van der Waals surface area (Å²) in [6.45, 7) is -0.175. The Labute approximate surface area is 176 Å². The van der Waals surface area contributed by atoms with Gasteiger partial charge in [0.25, 0.3) is 5.91 Å². The van der Waals surface area contributed by atoms with Crippen LogP contribution in [0.15, 0.2) is 23.1 Å². The third-order valence-corrected chi connectivity index (χ3v) is 6.84. The van der Waals surface area contributed by atoms with E-state index in [1.54, 1.807) is 43.1 Å². The van der Waals surface area contributed by atoms with E-state index < -0.39 is 6.10 Å². The first kappa shape index (κ1) is 21.0.